The van der Waals surface area contributed by atoms with Crippen LogP contribution in [0.4, 0.5) is 5.69 Å². The first-order valence-corrected chi connectivity index (χ1v) is 5.58. The van der Waals surface area contributed by atoms with Gasteiger partial charge in [0.25, 0.3) is 5.69 Å². The molecule has 0 unspecified atom stereocenters. The zero-order valence-corrected chi connectivity index (χ0v) is 10.2. The molecule has 96 valence electrons. The predicted octanol–water partition coefficient (Wildman–Crippen LogP) is 2.84. The molecule has 5 nitrogen and oxygen atoms in total. The van der Waals surface area contributed by atoms with Crippen molar-refractivity contribution in [2.45, 2.75) is 6.92 Å². The number of aryl methyl sites for hydroxylation is 1. The van der Waals surface area contributed by atoms with Crippen LogP contribution in [0.3, 0.4) is 0 Å². The molecule has 0 radical (unpaired) electrons. The van der Waals surface area contributed by atoms with Crippen molar-refractivity contribution < 1.29 is 14.8 Å². The minimum atomic E-state index is -0.622. The van der Waals surface area contributed by atoms with Crippen molar-refractivity contribution in [2.75, 3.05) is 0 Å². The van der Waals surface area contributed by atoms with Crippen LogP contribution < -0.4 is 0 Å². The second-order valence-corrected chi connectivity index (χ2v) is 4.11. The van der Waals surface area contributed by atoms with Gasteiger partial charge in [0.2, 0.25) is 0 Å². The molecule has 0 fully saturated rings. The van der Waals surface area contributed by atoms with Gasteiger partial charge in [-0.3, -0.25) is 14.9 Å². The number of ketones is 1. The Morgan fingerprint density at radius 3 is 2.42 bits per heavy atom. The van der Waals surface area contributed by atoms with Gasteiger partial charge in [-0.25, -0.2) is 0 Å². The van der Waals surface area contributed by atoms with E-state index in [1.54, 1.807) is 37.3 Å². The van der Waals surface area contributed by atoms with Gasteiger partial charge in [0.1, 0.15) is 11.3 Å². The van der Waals surface area contributed by atoms with E-state index in [2.05, 4.69) is 0 Å². The second-order valence-electron chi connectivity index (χ2n) is 4.11. The van der Waals surface area contributed by atoms with Crippen LogP contribution in [0.15, 0.2) is 42.5 Å². The third-order valence-corrected chi connectivity index (χ3v) is 2.79. The first-order valence-electron chi connectivity index (χ1n) is 5.58. The number of hydrogen-bond acceptors (Lipinski definition) is 4. The summed E-state index contributed by atoms with van der Waals surface area (Å²) >= 11 is 0. The van der Waals surface area contributed by atoms with Gasteiger partial charge in [0.05, 0.1) is 4.92 Å². The van der Waals surface area contributed by atoms with Crippen LogP contribution in [0.5, 0.6) is 5.75 Å². The summed E-state index contributed by atoms with van der Waals surface area (Å²) in [5.41, 5.74) is 0.286. The number of phenols is 1. The number of nitro benzene ring substituents is 1. The Morgan fingerprint density at radius 1 is 1.21 bits per heavy atom. The predicted molar refractivity (Wildman–Crippen MR) is 69.4 cm³/mol. The number of hydrogen-bond donors (Lipinski definition) is 1. The number of carbonyl (C=O) groups excluding carboxylic acids is 1. The van der Waals surface area contributed by atoms with Gasteiger partial charge in [0, 0.05) is 11.6 Å². The van der Waals surface area contributed by atoms with E-state index in [0.717, 1.165) is 6.07 Å². The van der Waals surface area contributed by atoms with E-state index in [-0.39, 0.29) is 17.0 Å². The van der Waals surface area contributed by atoms with Gasteiger partial charge >= 0.3 is 0 Å². The van der Waals surface area contributed by atoms with Crippen LogP contribution in [0.25, 0.3) is 0 Å². The highest BCUT2D eigenvalue weighted by atomic mass is 16.6. The second kappa shape index (κ2) is 4.89. The van der Waals surface area contributed by atoms with E-state index >= 15 is 0 Å². The highest BCUT2D eigenvalue weighted by Gasteiger charge is 2.23. The lowest BCUT2D eigenvalue weighted by Gasteiger charge is -2.05. The van der Waals surface area contributed by atoms with Gasteiger partial charge < -0.3 is 5.11 Å². The first-order chi connectivity index (χ1) is 9.00. The molecule has 0 amide bonds. The van der Waals surface area contributed by atoms with Gasteiger partial charge in [-0.2, -0.15) is 0 Å². The van der Waals surface area contributed by atoms with Gasteiger partial charge in [-0.15, -0.1) is 0 Å². The fourth-order valence-electron chi connectivity index (χ4n) is 1.76. The fourth-order valence-corrected chi connectivity index (χ4v) is 1.76. The topological polar surface area (TPSA) is 80.4 Å². The normalized spacial score (nSPS) is 10.2. The van der Waals surface area contributed by atoms with E-state index in [1.165, 1.54) is 6.07 Å². The minimum Gasteiger partial charge on any atom is -0.508 e. The molecule has 0 aromatic heterocycles. The Morgan fingerprint density at radius 2 is 1.84 bits per heavy atom. The van der Waals surface area contributed by atoms with Crippen molar-refractivity contribution >= 4 is 11.5 Å². The van der Waals surface area contributed by atoms with Crippen LogP contribution in [-0.4, -0.2) is 15.8 Å². The lowest BCUT2D eigenvalue weighted by molar-refractivity contribution is -0.385. The Kier molecular flexibility index (Phi) is 3.29. The summed E-state index contributed by atoms with van der Waals surface area (Å²) in [6, 6.07) is 10.6. The third kappa shape index (κ3) is 2.44. The Hall–Kier alpha value is -2.69. The van der Waals surface area contributed by atoms with Crippen molar-refractivity contribution in [1.82, 2.24) is 0 Å². The molecular formula is C14H11NO4. The SMILES string of the molecule is Cc1cc([N+](=O)[O-])c(C(=O)c2ccccc2)cc1O. The summed E-state index contributed by atoms with van der Waals surface area (Å²) in [5, 5.41) is 20.6. The van der Waals surface area contributed by atoms with Gasteiger partial charge in [-0.05, 0) is 18.6 Å². The van der Waals surface area contributed by atoms with Gasteiger partial charge in [-0.1, -0.05) is 30.3 Å². The van der Waals surface area contributed by atoms with E-state index in [4.69, 9.17) is 0 Å². The molecule has 19 heavy (non-hydrogen) atoms. The molecule has 0 heterocycles. The number of phenolic OH excluding ortho intramolecular Hbond substituents is 1. The van der Waals surface area contributed by atoms with Crippen molar-refractivity contribution in [3.63, 3.8) is 0 Å². The standard InChI is InChI=1S/C14H11NO4/c1-9-7-12(15(18)19)11(8-13(9)16)14(17)10-5-3-2-4-6-10/h2-8,16H,1H3. The molecule has 0 saturated heterocycles. The summed E-state index contributed by atoms with van der Waals surface area (Å²) in [4.78, 5) is 22.6. The molecule has 2 rings (SSSR count). The minimum absolute atomic E-state index is 0.112. The summed E-state index contributed by atoms with van der Waals surface area (Å²) in [5.74, 6) is -0.618. The highest BCUT2D eigenvalue weighted by Crippen LogP contribution is 2.29. The fraction of sp³-hybridized carbons (Fsp3) is 0.0714. The molecule has 0 atom stereocenters. The van der Waals surface area contributed by atoms with Crippen LogP contribution >= 0.6 is 0 Å². The molecule has 1 N–H and O–H groups in total. The monoisotopic (exact) mass is 257 g/mol. The zero-order valence-electron chi connectivity index (χ0n) is 10.2. The molecule has 2 aromatic carbocycles. The molecule has 5 heteroatoms. The summed E-state index contributed by atoms with van der Waals surface area (Å²) in [6.07, 6.45) is 0. The molecule has 0 bridgehead atoms. The Bertz CT molecular complexity index is 650. The number of rotatable bonds is 3. The number of benzene rings is 2. The number of carbonyl (C=O) groups is 1. The highest BCUT2D eigenvalue weighted by molar-refractivity contribution is 6.11. The summed E-state index contributed by atoms with van der Waals surface area (Å²) in [7, 11) is 0. The average molecular weight is 257 g/mol. The molecule has 0 saturated carbocycles. The Labute approximate surface area is 109 Å². The van der Waals surface area contributed by atoms with Crippen LogP contribution in [0.1, 0.15) is 21.5 Å². The molecule has 0 aliphatic heterocycles. The van der Waals surface area contributed by atoms with Crippen molar-refractivity contribution in [2.24, 2.45) is 0 Å². The average Bonchev–Trinajstić information content (AvgIpc) is 2.41. The van der Waals surface area contributed by atoms with Crippen LogP contribution in [0, 0.1) is 17.0 Å². The molecule has 0 aliphatic rings. The number of nitro groups is 1. The molecule has 0 aliphatic carbocycles. The maximum absolute atomic E-state index is 12.2. The maximum Gasteiger partial charge on any atom is 0.281 e. The van der Waals surface area contributed by atoms with Crippen LogP contribution in [0.2, 0.25) is 0 Å². The van der Waals surface area contributed by atoms with Gasteiger partial charge in [0.15, 0.2) is 5.78 Å². The lowest BCUT2D eigenvalue weighted by Crippen LogP contribution is -2.05. The molecule has 0 spiro atoms. The first kappa shape index (κ1) is 12.8. The van der Waals surface area contributed by atoms with Crippen molar-refractivity contribution in [3.8, 4) is 5.75 Å². The van der Waals surface area contributed by atoms with Crippen molar-refractivity contribution in [3.05, 3.63) is 69.3 Å². The zero-order chi connectivity index (χ0) is 14.0. The van der Waals surface area contributed by atoms with E-state index < -0.39 is 10.7 Å². The van der Waals surface area contributed by atoms with Crippen LogP contribution in [-0.2, 0) is 0 Å². The third-order valence-electron chi connectivity index (χ3n) is 2.79. The quantitative estimate of drug-likeness (QED) is 0.520. The molecular weight excluding hydrogens is 246 g/mol. The van der Waals surface area contributed by atoms with Crippen molar-refractivity contribution in [1.29, 1.82) is 0 Å². The largest absolute Gasteiger partial charge is 0.508 e. The van der Waals surface area contributed by atoms with E-state index in [0.29, 0.717) is 11.1 Å². The van der Waals surface area contributed by atoms with E-state index in [1.807, 2.05) is 0 Å². The summed E-state index contributed by atoms with van der Waals surface area (Å²) < 4.78 is 0. The Balaban J connectivity index is 2.59. The lowest BCUT2D eigenvalue weighted by atomic mass is 10.00. The summed E-state index contributed by atoms with van der Waals surface area (Å²) in [6.45, 7) is 1.54. The smallest absolute Gasteiger partial charge is 0.281 e. The molecule has 2 aromatic rings. The van der Waals surface area contributed by atoms with E-state index in [9.17, 15) is 20.0 Å². The number of aromatic hydroxyl groups is 1. The maximum atomic E-state index is 12.2. The number of nitrogens with zero attached hydrogens (tertiary/aromatic N) is 1.